The van der Waals surface area contributed by atoms with Crippen LogP contribution in [0.2, 0.25) is 10.0 Å². The van der Waals surface area contributed by atoms with Crippen LogP contribution in [0.5, 0.6) is 0 Å². The highest BCUT2D eigenvalue weighted by Gasteiger charge is 2.40. The zero-order chi connectivity index (χ0) is 21.5. The van der Waals surface area contributed by atoms with Gasteiger partial charge in [-0.2, -0.15) is 0 Å². The minimum Gasteiger partial charge on any atom is -0.381 e. The number of amidine groups is 1. The van der Waals surface area contributed by atoms with Gasteiger partial charge in [0.25, 0.3) is 0 Å². The molecule has 4 aliphatic rings. The third kappa shape index (κ3) is 4.16. The van der Waals surface area contributed by atoms with Gasteiger partial charge in [-0.05, 0) is 30.4 Å². The third-order valence-electron chi connectivity index (χ3n) is 6.70. The largest absolute Gasteiger partial charge is 0.381 e. The predicted octanol–water partition coefficient (Wildman–Crippen LogP) is 3.74. The van der Waals surface area contributed by atoms with Crippen molar-refractivity contribution in [2.75, 3.05) is 33.0 Å². The number of amides is 2. The highest BCUT2D eigenvalue weighted by molar-refractivity contribution is 6.42. The molecule has 0 aliphatic carbocycles. The number of fused-ring (bicyclic) bond motifs is 1. The standard InChI is InChI=1S/C22H27Cl2N5O2/c1-14-9-27(10-15-3-2-4-18(23)20(15)24)11-17(14)21-25-19-12-28(13-29(19)22(30)26-21)16-5-7-31-8-6-16/h2-4,12,14,16-17H,5-11,13H2,1H3,(H,25,26,30). The monoisotopic (exact) mass is 463 g/mol. The number of carbonyl (C=O) groups is 1. The average molecular weight is 464 g/mol. The lowest BCUT2D eigenvalue weighted by atomic mass is 9.96. The van der Waals surface area contributed by atoms with E-state index in [9.17, 15) is 4.79 Å². The average Bonchev–Trinajstić information content (AvgIpc) is 3.36. The molecule has 0 saturated carbocycles. The molecule has 0 spiro atoms. The highest BCUT2D eigenvalue weighted by Crippen LogP contribution is 2.32. The SMILES string of the molecule is CC1CN(Cc2cccc(Cl)c2Cl)CC1C1=NC2=CN(C3CCOCC3)CN2C(=O)N1. The summed E-state index contributed by atoms with van der Waals surface area (Å²) in [6, 6.07) is 6.06. The van der Waals surface area contributed by atoms with Crippen molar-refractivity contribution in [3.63, 3.8) is 0 Å². The first-order valence-corrected chi connectivity index (χ1v) is 11.6. The van der Waals surface area contributed by atoms with Crippen molar-refractivity contribution in [1.29, 1.82) is 0 Å². The van der Waals surface area contributed by atoms with Gasteiger partial charge in [-0.25, -0.2) is 9.79 Å². The Morgan fingerprint density at radius 3 is 2.84 bits per heavy atom. The topological polar surface area (TPSA) is 60.4 Å². The van der Waals surface area contributed by atoms with E-state index in [4.69, 9.17) is 32.9 Å². The van der Waals surface area contributed by atoms with Crippen molar-refractivity contribution in [2.45, 2.75) is 32.4 Å². The maximum Gasteiger partial charge on any atom is 0.329 e. The molecular formula is C22H27Cl2N5O2. The second-order valence-corrected chi connectivity index (χ2v) is 9.62. The van der Waals surface area contributed by atoms with Crippen LogP contribution >= 0.6 is 23.2 Å². The summed E-state index contributed by atoms with van der Waals surface area (Å²) in [4.78, 5) is 24.0. The molecule has 9 heteroatoms. The van der Waals surface area contributed by atoms with E-state index in [1.165, 1.54) is 0 Å². The fraction of sp³-hybridized carbons (Fsp3) is 0.545. The summed E-state index contributed by atoms with van der Waals surface area (Å²) in [7, 11) is 0. The normalized spacial score (nSPS) is 27.3. The fourth-order valence-electron chi connectivity index (χ4n) is 4.96. The maximum absolute atomic E-state index is 12.8. The van der Waals surface area contributed by atoms with Crippen LogP contribution in [-0.2, 0) is 11.3 Å². The molecule has 31 heavy (non-hydrogen) atoms. The molecule has 1 aromatic rings. The molecule has 4 heterocycles. The molecule has 2 fully saturated rings. The van der Waals surface area contributed by atoms with Gasteiger partial charge in [0.2, 0.25) is 0 Å². The zero-order valence-electron chi connectivity index (χ0n) is 17.6. The molecule has 166 valence electrons. The van der Waals surface area contributed by atoms with Crippen LogP contribution in [0.1, 0.15) is 25.3 Å². The molecular weight excluding hydrogens is 437 g/mol. The van der Waals surface area contributed by atoms with Crippen LogP contribution in [0.3, 0.4) is 0 Å². The summed E-state index contributed by atoms with van der Waals surface area (Å²) in [6.07, 6.45) is 4.00. The Balaban J connectivity index is 1.30. The second kappa shape index (κ2) is 8.62. The summed E-state index contributed by atoms with van der Waals surface area (Å²) in [5.41, 5.74) is 1.02. The molecule has 2 amide bonds. The molecule has 2 atom stereocenters. The van der Waals surface area contributed by atoms with Gasteiger partial charge in [-0.1, -0.05) is 42.3 Å². The van der Waals surface area contributed by atoms with Gasteiger partial charge in [-0.15, -0.1) is 0 Å². The number of hydrogen-bond acceptors (Lipinski definition) is 5. The Kier molecular flexibility index (Phi) is 5.86. The number of nitrogens with one attached hydrogen (secondary N) is 1. The quantitative estimate of drug-likeness (QED) is 0.738. The molecule has 5 rings (SSSR count). The van der Waals surface area contributed by atoms with Crippen molar-refractivity contribution in [2.24, 2.45) is 16.8 Å². The summed E-state index contributed by atoms with van der Waals surface area (Å²) < 4.78 is 5.47. The third-order valence-corrected chi connectivity index (χ3v) is 7.56. The minimum atomic E-state index is -0.0886. The van der Waals surface area contributed by atoms with Crippen LogP contribution < -0.4 is 5.32 Å². The number of benzene rings is 1. The molecule has 0 radical (unpaired) electrons. The van der Waals surface area contributed by atoms with Crippen molar-refractivity contribution < 1.29 is 9.53 Å². The first-order valence-electron chi connectivity index (χ1n) is 10.9. The van der Waals surface area contributed by atoms with Gasteiger partial charge < -0.3 is 9.64 Å². The molecule has 1 aromatic carbocycles. The van der Waals surface area contributed by atoms with Crippen LogP contribution in [0, 0.1) is 11.8 Å². The number of nitrogens with zero attached hydrogens (tertiary/aromatic N) is 4. The fourth-order valence-corrected chi connectivity index (χ4v) is 5.34. The van der Waals surface area contributed by atoms with E-state index < -0.39 is 0 Å². The van der Waals surface area contributed by atoms with Gasteiger partial charge >= 0.3 is 6.03 Å². The number of halogens is 2. The predicted molar refractivity (Wildman–Crippen MR) is 121 cm³/mol. The second-order valence-electron chi connectivity index (χ2n) is 8.83. The van der Waals surface area contributed by atoms with Gasteiger partial charge in [0, 0.05) is 51.0 Å². The van der Waals surface area contributed by atoms with E-state index in [-0.39, 0.29) is 11.9 Å². The Morgan fingerprint density at radius 1 is 1.23 bits per heavy atom. The van der Waals surface area contributed by atoms with Gasteiger partial charge in [0.1, 0.15) is 12.5 Å². The number of hydrogen-bond donors (Lipinski definition) is 1. The van der Waals surface area contributed by atoms with Crippen LogP contribution in [-0.4, -0.2) is 65.6 Å². The lowest BCUT2D eigenvalue weighted by Gasteiger charge is -2.32. The number of urea groups is 1. The van der Waals surface area contributed by atoms with E-state index in [0.29, 0.717) is 28.7 Å². The van der Waals surface area contributed by atoms with Crippen LogP contribution in [0.25, 0.3) is 0 Å². The first-order chi connectivity index (χ1) is 15.0. The van der Waals surface area contributed by atoms with E-state index in [0.717, 1.165) is 62.9 Å². The van der Waals surface area contributed by atoms with Gasteiger partial charge in [-0.3, -0.25) is 15.1 Å². The van der Waals surface area contributed by atoms with E-state index in [2.05, 4.69) is 22.0 Å². The van der Waals surface area contributed by atoms with Crippen molar-refractivity contribution in [1.82, 2.24) is 20.0 Å². The zero-order valence-corrected chi connectivity index (χ0v) is 19.1. The number of carbonyl (C=O) groups excluding carboxylic acids is 1. The molecule has 2 unspecified atom stereocenters. The number of rotatable bonds is 4. The summed E-state index contributed by atoms with van der Waals surface area (Å²) in [5, 5.41) is 4.25. The van der Waals surface area contributed by atoms with Gasteiger partial charge in [0.05, 0.1) is 10.0 Å². The van der Waals surface area contributed by atoms with Gasteiger partial charge in [0.15, 0.2) is 5.82 Å². The molecule has 4 aliphatic heterocycles. The van der Waals surface area contributed by atoms with E-state index in [1.807, 2.05) is 18.3 Å². The molecule has 1 N–H and O–H groups in total. The van der Waals surface area contributed by atoms with E-state index in [1.54, 1.807) is 11.0 Å². The van der Waals surface area contributed by atoms with Crippen molar-refractivity contribution >= 4 is 35.1 Å². The summed E-state index contributed by atoms with van der Waals surface area (Å²) >= 11 is 12.6. The smallest absolute Gasteiger partial charge is 0.329 e. The van der Waals surface area contributed by atoms with Crippen LogP contribution in [0.4, 0.5) is 4.79 Å². The highest BCUT2D eigenvalue weighted by atomic mass is 35.5. The Morgan fingerprint density at radius 2 is 2.03 bits per heavy atom. The Bertz CT molecular complexity index is 930. The minimum absolute atomic E-state index is 0.0886. The molecule has 0 bridgehead atoms. The summed E-state index contributed by atoms with van der Waals surface area (Å²) in [5.74, 6) is 2.06. The number of ether oxygens (including phenoxy) is 1. The molecule has 2 saturated heterocycles. The van der Waals surface area contributed by atoms with Crippen LogP contribution in [0.15, 0.2) is 35.2 Å². The first kappa shape index (κ1) is 21.1. The molecule has 0 aromatic heterocycles. The lowest BCUT2D eigenvalue weighted by Crippen LogP contribution is -2.50. The van der Waals surface area contributed by atoms with E-state index >= 15 is 0 Å². The lowest BCUT2D eigenvalue weighted by molar-refractivity contribution is 0.0459. The Hall–Kier alpha value is -1.80. The van der Waals surface area contributed by atoms with Crippen molar-refractivity contribution in [3.05, 3.63) is 45.8 Å². The summed E-state index contributed by atoms with van der Waals surface area (Å²) in [6.45, 7) is 6.78. The Labute approximate surface area is 192 Å². The number of likely N-dealkylation sites (tertiary alicyclic amines) is 1. The van der Waals surface area contributed by atoms with Crippen molar-refractivity contribution in [3.8, 4) is 0 Å². The maximum atomic E-state index is 12.8. The molecule has 7 nitrogen and oxygen atoms in total. The number of aliphatic imine (C=N–C) groups is 1.